The van der Waals surface area contributed by atoms with Gasteiger partial charge in [-0.15, -0.1) is 0 Å². The predicted octanol–water partition coefficient (Wildman–Crippen LogP) is 0.616. The van der Waals surface area contributed by atoms with Crippen molar-refractivity contribution in [3.63, 3.8) is 0 Å². The number of nitro benzene ring substituents is 1. The quantitative estimate of drug-likeness (QED) is 0.515. The monoisotopic (exact) mass is 236 g/mol. The second kappa shape index (κ2) is 4.08. The van der Waals surface area contributed by atoms with Crippen LogP contribution in [0.4, 0.5) is 15.3 Å². The van der Waals surface area contributed by atoms with E-state index in [1.807, 2.05) is 5.32 Å². The summed E-state index contributed by atoms with van der Waals surface area (Å²) < 4.78 is 0. The average Bonchev–Trinajstić information content (AvgIpc) is 2.27. The molecule has 1 fully saturated rings. The van der Waals surface area contributed by atoms with Gasteiger partial charge in [-0.2, -0.15) is 0 Å². The minimum Gasteiger partial charge on any atom is -0.313 e. The summed E-state index contributed by atoms with van der Waals surface area (Å²) in [5, 5.41) is 17.5. The number of carbonyl (C=O) groups excluding carboxylic acids is 2. The highest BCUT2D eigenvalue weighted by molar-refractivity contribution is 5.96. The highest BCUT2D eigenvalue weighted by Crippen LogP contribution is 2.23. The molecule has 0 saturated carbocycles. The molecule has 0 bridgehead atoms. The van der Waals surface area contributed by atoms with Crippen LogP contribution in [-0.2, 0) is 0 Å². The Kier molecular flexibility index (Phi) is 2.61. The molecule has 88 valence electrons. The van der Waals surface area contributed by atoms with E-state index in [0.717, 1.165) is 0 Å². The van der Waals surface area contributed by atoms with Crippen molar-refractivity contribution in [3.8, 4) is 0 Å². The highest BCUT2D eigenvalue weighted by Gasteiger charge is 2.28. The van der Waals surface area contributed by atoms with Crippen LogP contribution in [0.5, 0.6) is 0 Å². The number of nitrogens with one attached hydrogen (secondary N) is 3. The molecule has 0 spiro atoms. The number of urea groups is 2. The molecule has 0 radical (unpaired) electrons. The Labute approximate surface area is 95.1 Å². The molecule has 0 unspecified atom stereocenters. The molecule has 1 saturated heterocycles. The van der Waals surface area contributed by atoms with E-state index in [2.05, 4.69) is 10.6 Å². The van der Waals surface area contributed by atoms with Crippen LogP contribution in [0.1, 0.15) is 11.7 Å². The number of rotatable bonds is 2. The summed E-state index contributed by atoms with van der Waals surface area (Å²) >= 11 is 0. The van der Waals surface area contributed by atoms with E-state index in [9.17, 15) is 19.7 Å². The Hall–Kier alpha value is -2.64. The van der Waals surface area contributed by atoms with Gasteiger partial charge in [0.1, 0.15) is 6.17 Å². The van der Waals surface area contributed by atoms with Crippen LogP contribution in [0, 0.1) is 10.1 Å². The van der Waals surface area contributed by atoms with Gasteiger partial charge in [-0.25, -0.2) is 9.59 Å². The molecular formula is C9H8N4O4. The van der Waals surface area contributed by atoms with Crippen molar-refractivity contribution >= 4 is 17.7 Å². The summed E-state index contributed by atoms with van der Waals surface area (Å²) in [6, 6.07) is 4.47. The maximum Gasteiger partial charge on any atom is 0.324 e. The summed E-state index contributed by atoms with van der Waals surface area (Å²) in [4.78, 5) is 32.4. The van der Waals surface area contributed by atoms with Crippen molar-refractivity contribution in [2.24, 2.45) is 0 Å². The fourth-order valence-corrected chi connectivity index (χ4v) is 1.53. The fraction of sp³-hybridized carbons (Fsp3) is 0.111. The molecule has 1 aliphatic rings. The van der Waals surface area contributed by atoms with Crippen molar-refractivity contribution in [1.82, 2.24) is 16.0 Å². The van der Waals surface area contributed by atoms with E-state index in [0.29, 0.717) is 0 Å². The first-order valence-electron chi connectivity index (χ1n) is 4.69. The molecule has 1 aromatic rings. The van der Waals surface area contributed by atoms with Crippen molar-refractivity contribution in [3.05, 3.63) is 39.9 Å². The first-order chi connectivity index (χ1) is 8.08. The number of amides is 4. The van der Waals surface area contributed by atoms with Crippen molar-refractivity contribution in [1.29, 1.82) is 0 Å². The van der Waals surface area contributed by atoms with Gasteiger partial charge in [0.25, 0.3) is 5.69 Å². The Morgan fingerprint density at radius 1 is 1.12 bits per heavy atom. The van der Waals surface area contributed by atoms with Gasteiger partial charge in [0.15, 0.2) is 0 Å². The number of benzene rings is 1. The molecule has 0 atom stereocenters. The van der Waals surface area contributed by atoms with Crippen LogP contribution in [0.15, 0.2) is 24.3 Å². The molecule has 17 heavy (non-hydrogen) atoms. The number of carbonyl (C=O) groups is 2. The smallest absolute Gasteiger partial charge is 0.313 e. The molecule has 1 aliphatic heterocycles. The molecule has 8 heteroatoms. The largest absolute Gasteiger partial charge is 0.324 e. The third-order valence-corrected chi connectivity index (χ3v) is 2.22. The second-order valence-electron chi connectivity index (χ2n) is 3.32. The van der Waals surface area contributed by atoms with Gasteiger partial charge in [0, 0.05) is 6.07 Å². The lowest BCUT2D eigenvalue weighted by Gasteiger charge is -2.24. The molecule has 0 aromatic heterocycles. The van der Waals surface area contributed by atoms with Gasteiger partial charge in [-0.1, -0.05) is 12.1 Å². The predicted molar refractivity (Wildman–Crippen MR) is 56.0 cm³/mol. The van der Waals surface area contributed by atoms with Crippen molar-refractivity contribution < 1.29 is 14.5 Å². The first kappa shape index (κ1) is 10.9. The topological polar surface area (TPSA) is 113 Å². The van der Waals surface area contributed by atoms with Gasteiger partial charge >= 0.3 is 12.1 Å². The number of para-hydroxylation sites is 1. The van der Waals surface area contributed by atoms with E-state index in [4.69, 9.17) is 0 Å². The van der Waals surface area contributed by atoms with E-state index < -0.39 is 23.2 Å². The lowest BCUT2D eigenvalue weighted by Crippen LogP contribution is -2.57. The van der Waals surface area contributed by atoms with Crippen LogP contribution in [-0.4, -0.2) is 17.0 Å². The zero-order valence-electron chi connectivity index (χ0n) is 8.47. The summed E-state index contributed by atoms with van der Waals surface area (Å²) in [5.74, 6) is 0. The summed E-state index contributed by atoms with van der Waals surface area (Å²) in [7, 11) is 0. The van der Waals surface area contributed by atoms with Crippen LogP contribution in [0.3, 0.4) is 0 Å². The normalized spacial score (nSPS) is 15.8. The summed E-state index contributed by atoms with van der Waals surface area (Å²) in [5.41, 5.74) is 0.0562. The van der Waals surface area contributed by atoms with Crippen molar-refractivity contribution in [2.75, 3.05) is 0 Å². The average molecular weight is 236 g/mol. The molecular weight excluding hydrogens is 228 g/mol. The molecule has 1 heterocycles. The fourth-order valence-electron chi connectivity index (χ4n) is 1.53. The van der Waals surface area contributed by atoms with Gasteiger partial charge in [-0.05, 0) is 6.07 Å². The molecule has 0 aliphatic carbocycles. The minimum absolute atomic E-state index is 0.167. The molecule has 3 N–H and O–H groups in total. The molecule has 1 aromatic carbocycles. The Morgan fingerprint density at radius 3 is 2.29 bits per heavy atom. The van der Waals surface area contributed by atoms with E-state index in [1.54, 1.807) is 6.07 Å². The third-order valence-electron chi connectivity index (χ3n) is 2.22. The number of nitrogens with zero attached hydrogens (tertiary/aromatic N) is 1. The Bertz CT molecular complexity index is 486. The lowest BCUT2D eigenvalue weighted by molar-refractivity contribution is -0.385. The zero-order valence-corrected chi connectivity index (χ0v) is 8.47. The lowest BCUT2D eigenvalue weighted by atomic mass is 10.1. The third kappa shape index (κ3) is 2.14. The number of hydrogen-bond acceptors (Lipinski definition) is 4. The van der Waals surface area contributed by atoms with Crippen LogP contribution in [0.25, 0.3) is 0 Å². The summed E-state index contributed by atoms with van der Waals surface area (Å²) in [6.45, 7) is 0. The van der Waals surface area contributed by atoms with Gasteiger partial charge in [0.2, 0.25) is 0 Å². The summed E-state index contributed by atoms with van der Waals surface area (Å²) in [6.07, 6.45) is -0.905. The maximum atomic E-state index is 11.1. The van der Waals surface area contributed by atoms with Crippen molar-refractivity contribution in [2.45, 2.75) is 6.17 Å². The van der Waals surface area contributed by atoms with Gasteiger partial charge in [-0.3, -0.25) is 15.4 Å². The standard InChI is InChI=1S/C9H8N4O4/c14-8-10-7(11-9(15)12-8)5-3-1-2-4-6(5)13(16)17/h1-4,7H,(H3,10,11,12,14,15). The van der Waals surface area contributed by atoms with Crippen LogP contribution >= 0.6 is 0 Å². The first-order valence-corrected chi connectivity index (χ1v) is 4.69. The van der Waals surface area contributed by atoms with Crippen LogP contribution < -0.4 is 16.0 Å². The number of imide groups is 1. The molecule has 8 nitrogen and oxygen atoms in total. The number of nitro groups is 1. The van der Waals surface area contributed by atoms with E-state index >= 15 is 0 Å². The van der Waals surface area contributed by atoms with Gasteiger partial charge < -0.3 is 10.6 Å². The number of hydrogen-bond donors (Lipinski definition) is 3. The van der Waals surface area contributed by atoms with Gasteiger partial charge in [0.05, 0.1) is 10.5 Å². The maximum absolute atomic E-state index is 11.1. The Morgan fingerprint density at radius 2 is 1.71 bits per heavy atom. The molecule has 4 amide bonds. The SMILES string of the molecule is O=C1NC(=O)NC(c2ccccc2[N+](=O)[O-])N1. The van der Waals surface area contributed by atoms with E-state index in [-0.39, 0.29) is 11.3 Å². The van der Waals surface area contributed by atoms with Crippen LogP contribution in [0.2, 0.25) is 0 Å². The van der Waals surface area contributed by atoms with E-state index in [1.165, 1.54) is 18.2 Å². The zero-order chi connectivity index (χ0) is 12.4. The minimum atomic E-state index is -0.905. The Balaban J connectivity index is 2.36. The second-order valence-corrected chi connectivity index (χ2v) is 3.32. The highest BCUT2D eigenvalue weighted by atomic mass is 16.6. The molecule has 2 rings (SSSR count).